The van der Waals surface area contributed by atoms with Crippen LogP contribution in [0.15, 0.2) is 18.2 Å². The van der Waals surface area contributed by atoms with Gasteiger partial charge >= 0.3 is 6.18 Å². The second-order valence-electron chi connectivity index (χ2n) is 9.09. The van der Waals surface area contributed by atoms with Gasteiger partial charge in [0, 0.05) is 32.5 Å². The summed E-state index contributed by atoms with van der Waals surface area (Å²) in [5, 5.41) is 7.08. The molecule has 0 radical (unpaired) electrons. The lowest BCUT2D eigenvalue weighted by Gasteiger charge is -2.24. The monoisotopic (exact) mass is 490 g/mol. The van der Waals surface area contributed by atoms with Crippen LogP contribution in [-0.2, 0) is 38.9 Å². The first-order chi connectivity index (χ1) is 16.7. The van der Waals surface area contributed by atoms with Crippen LogP contribution in [-0.4, -0.2) is 36.4 Å². The van der Waals surface area contributed by atoms with Crippen LogP contribution < -0.4 is 5.32 Å². The van der Waals surface area contributed by atoms with E-state index in [-0.39, 0.29) is 49.1 Å². The molecule has 35 heavy (non-hydrogen) atoms. The van der Waals surface area contributed by atoms with Crippen molar-refractivity contribution >= 4 is 5.91 Å². The second-order valence-corrected chi connectivity index (χ2v) is 9.09. The fourth-order valence-corrected chi connectivity index (χ4v) is 4.85. The number of aryl methyl sites for hydroxylation is 3. The third kappa shape index (κ3) is 4.55. The number of nitrogens with one attached hydrogen (secondary N) is 1. The molecule has 0 unspecified atom stereocenters. The van der Waals surface area contributed by atoms with Gasteiger partial charge in [0.15, 0.2) is 5.82 Å². The van der Waals surface area contributed by atoms with Gasteiger partial charge < -0.3 is 9.88 Å². The third-order valence-corrected chi connectivity index (χ3v) is 6.76. The van der Waals surface area contributed by atoms with E-state index in [2.05, 4.69) is 20.4 Å². The van der Waals surface area contributed by atoms with Crippen LogP contribution in [0.4, 0.5) is 17.6 Å². The van der Waals surface area contributed by atoms with E-state index in [1.54, 1.807) is 6.07 Å². The predicted octanol–water partition coefficient (Wildman–Crippen LogP) is 4.23. The molecule has 4 heterocycles. The van der Waals surface area contributed by atoms with E-state index in [0.717, 1.165) is 37.3 Å². The van der Waals surface area contributed by atoms with Gasteiger partial charge in [-0.3, -0.25) is 4.79 Å². The Morgan fingerprint density at radius 2 is 2.00 bits per heavy atom. The van der Waals surface area contributed by atoms with Crippen molar-refractivity contribution in [3.63, 3.8) is 0 Å². The van der Waals surface area contributed by atoms with Crippen LogP contribution >= 0.6 is 0 Å². The van der Waals surface area contributed by atoms with Gasteiger partial charge in [-0.1, -0.05) is 13.0 Å². The van der Waals surface area contributed by atoms with E-state index >= 15 is 0 Å². The summed E-state index contributed by atoms with van der Waals surface area (Å²) in [4.78, 5) is 21.7. The Labute approximate surface area is 199 Å². The third-order valence-electron chi connectivity index (χ3n) is 6.76. The Morgan fingerprint density at radius 3 is 2.74 bits per heavy atom. The summed E-state index contributed by atoms with van der Waals surface area (Å²) in [6.45, 7) is 2.94. The summed E-state index contributed by atoms with van der Waals surface area (Å²) in [5.41, 5.74) is 2.01. The highest BCUT2D eigenvalue weighted by molar-refractivity contribution is 5.94. The molecule has 0 bridgehead atoms. The summed E-state index contributed by atoms with van der Waals surface area (Å²) in [6.07, 6.45) is -1.05. The number of benzene rings is 1. The number of imidazole rings is 1. The number of carbonyl (C=O) groups excluding carboxylic acids is 1. The summed E-state index contributed by atoms with van der Waals surface area (Å²) < 4.78 is 57.5. The number of hydrogen-bond acceptors (Lipinski definition) is 4. The lowest BCUT2D eigenvalue weighted by Crippen LogP contribution is -2.31. The maximum Gasteiger partial charge on any atom is 0.392 e. The van der Waals surface area contributed by atoms with Crippen LogP contribution in [0.2, 0.25) is 0 Å². The minimum absolute atomic E-state index is 0.0642. The molecule has 0 fully saturated rings. The molecule has 7 nitrogen and oxygen atoms in total. The molecule has 11 heteroatoms. The van der Waals surface area contributed by atoms with Crippen molar-refractivity contribution in [2.45, 2.75) is 71.3 Å². The van der Waals surface area contributed by atoms with E-state index in [1.165, 1.54) is 16.8 Å². The molecule has 0 saturated heterocycles. The van der Waals surface area contributed by atoms with Crippen LogP contribution in [0, 0.1) is 11.7 Å². The van der Waals surface area contributed by atoms with Crippen LogP contribution in [0.3, 0.4) is 0 Å². The first-order valence-electron chi connectivity index (χ1n) is 11.9. The van der Waals surface area contributed by atoms with Gasteiger partial charge in [0.05, 0.1) is 17.2 Å². The SMILES string of the molecule is CCc1nc2n(c1C(=O)NCc1ccc(-c3nc4n(n3)CC[C@@H](C(F)(F)F)C4)c(F)c1)CCCC2. The van der Waals surface area contributed by atoms with Crippen molar-refractivity contribution in [2.75, 3.05) is 0 Å². The van der Waals surface area contributed by atoms with Crippen LogP contribution in [0.1, 0.15) is 59.6 Å². The number of amides is 1. The van der Waals surface area contributed by atoms with E-state index in [0.29, 0.717) is 17.7 Å². The number of alkyl halides is 3. The molecule has 0 spiro atoms. The normalized spacial score (nSPS) is 17.7. The maximum atomic E-state index is 14.9. The van der Waals surface area contributed by atoms with Crippen molar-refractivity contribution in [3.05, 3.63) is 52.6 Å². The minimum atomic E-state index is -4.29. The van der Waals surface area contributed by atoms with Gasteiger partial charge in [0.2, 0.25) is 0 Å². The fraction of sp³-hybridized carbons (Fsp3) is 0.500. The summed E-state index contributed by atoms with van der Waals surface area (Å²) in [7, 11) is 0. The van der Waals surface area contributed by atoms with Gasteiger partial charge in [0.25, 0.3) is 5.91 Å². The number of aromatic nitrogens is 5. The van der Waals surface area contributed by atoms with E-state index in [1.807, 2.05) is 11.5 Å². The average molecular weight is 491 g/mol. The van der Waals surface area contributed by atoms with Crippen molar-refractivity contribution in [2.24, 2.45) is 5.92 Å². The van der Waals surface area contributed by atoms with E-state index in [9.17, 15) is 22.4 Å². The first kappa shape index (κ1) is 23.5. The Balaban J connectivity index is 1.29. The van der Waals surface area contributed by atoms with Crippen molar-refractivity contribution in [1.82, 2.24) is 29.6 Å². The highest BCUT2D eigenvalue weighted by atomic mass is 19.4. The van der Waals surface area contributed by atoms with Crippen LogP contribution in [0.25, 0.3) is 11.4 Å². The van der Waals surface area contributed by atoms with Gasteiger partial charge in [-0.25, -0.2) is 19.0 Å². The van der Waals surface area contributed by atoms with Crippen LogP contribution in [0.5, 0.6) is 0 Å². The zero-order chi connectivity index (χ0) is 24.7. The number of nitrogens with zero attached hydrogens (tertiary/aromatic N) is 5. The smallest absolute Gasteiger partial charge is 0.347 e. The Bertz CT molecular complexity index is 1260. The molecule has 186 valence electrons. The number of halogens is 4. The lowest BCUT2D eigenvalue weighted by atomic mass is 9.98. The molecule has 2 aromatic heterocycles. The van der Waals surface area contributed by atoms with Gasteiger partial charge in [-0.05, 0) is 43.4 Å². The molecule has 2 aliphatic heterocycles. The quantitative estimate of drug-likeness (QED) is 0.543. The number of rotatable bonds is 5. The molecule has 2 aliphatic rings. The van der Waals surface area contributed by atoms with E-state index in [4.69, 9.17) is 0 Å². The molecule has 1 aromatic carbocycles. The summed E-state index contributed by atoms with van der Waals surface area (Å²) >= 11 is 0. The molecule has 3 aromatic rings. The molecule has 1 N–H and O–H groups in total. The molecular formula is C24H26F4N6O. The maximum absolute atomic E-state index is 14.9. The zero-order valence-electron chi connectivity index (χ0n) is 19.3. The zero-order valence-corrected chi connectivity index (χ0v) is 19.3. The van der Waals surface area contributed by atoms with Crippen molar-refractivity contribution < 1.29 is 22.4 Å². The Hall–Kier alpha value is -3.24. The van der Waals surface area contributed by atoms with E-state index < -0.39 is 17.9 Å². The first-order valence-corrected chi connectivity index (χ1v) is 11.9. The highest BCUT2D eigenvalue weighted by Crippen LogP contribution is 2.35. The largest absolute Gasteiger partial charge is 0.392 e. The topological polar surface area (TPSA) is 77.6 Å². The number of carbonyl (C=O) groups is 1. The minimum Gasteiger partial charge on any atom is -0.347 e. The Kier molecular flexibility index (Phi) is 6.10. The molecule has 5 rings (SSSR count). The van der Waals surface area contributed by atoms with Crippen molar-refractivity contribution in [3.8, 4) is 11.4 Å². The fourth-order valence-electron chi connectivity index (χ4n) is 4.85. The molecule has 0 aliphatic carbocycles. The summed E-state index contributed by atoms with van der Waals surface area (Å²) in [6, 6.07) is 4.45. The number of hydrogen-bond donors (Lipinski definition) is 1. The van der Waals surface area contributed by atoms with Crippen molar-refractivity contribution in [1.29, 1.82) is 0 Å². The summed E-state index contributed by atoms with van der Waals surface area (Å²) in [5.74, 6) is -1.09. The molecule has 0 saturated carbocycles. The molecule has 1 amide bonds. The Morgan fingerprint density at radius 1 is 1.17 bits per heavy atom. The number of fused-ring (bicyclic) bond motifs is 2. The molecular weight excluding hydrogens is 464 g/mol. The van der Waals surface area contributed by atoms with Gasteiger partial charge in [-0.15, -0.1) is 0 Å². The highest BCUT2D eigenvalue weighted by Gasteiger charge is 2.42. The average Bonchev–Trinajstić information content (AvgIpc) is 3.42. The standard InChI is InChI=1S/C24H26F4N6O/c1-2-18-21(33-9-4-3-5-19(33)30-18)23(35)29-13-14-6-7-16(17(25)11-14)22-31-20-12-15(24(26,27)28)8-10-34(20)32-22/h6-7,11,15H,2-5,8-10,12-13H2,1H3,(H,29,35)/t15-/m1/s1. The predicted molar refractivity (Wildman–Crippen MR) is 119 cm³/mol. The lowest BCUT2D eigenvalue weighted by molar-refractivity contribution is -0.179. The van der Waals surface area contributed by atoms with Gasteiger partial charge in [-0.2, -0.15) is 18.3 Å². The molecule has 1 atom stereocenters. The van der Waals surface area contributed by atoms with Gasteiger partial charge in [0.1, 0.15) is 23.2 Å². The second kappa shape index (κ2) is 9.09.